The summed E-state index contributed by atoms with van der Waals surface area (Å²) >= 11 is 3.33. The van der Waals surface area contributed by atoms with Gasteiger partial charge in [-0.05, 0) is 64.8 Å². The molecule has 0 saturated carbocycles. The van der Waals surface area contributed by atoms with Crippen molar-refractivity contribution in [3.05, 3.63) is 57.6 Å². The number of nitrogens with one attached hydrogen (secondary N) is 1. The van der Waals surface area contributed by atoms with Crippen molar-refractivity contribution in [3.63, 3.8) is 0 Å². The third-order valence-electron chi connectivity index (χ3n) is 3.66. The van der Waals surface area contributed by atoms with Crippen LogP contribution in [0.1, 0.15) is 18.1 Å². The second-order valence-electron chi connectivity index (χ2n) is 5.67. The van der Waals surface area contributed by atoms with Gasteiger partial charge in [0, 0.05) is 5.69 Å². The average Bonchev–Trinajstić information content (AvgIpc) is 2.65. The van der Waals surface area contributed by atoms with Gasteiger partial charge in [-0.15, -0.1) is 0 Å². The Kier molecular flexibility index (Phi) is 7.29. The molecule has 0 fully saturated rings. The molecule has 0 aliphatic heterocycles. The molecule has 0 bridgehead atoms. The topological polar surface area (TPSA) is 71.3 Å². The lowest BCUT2D eigenvalue weighted by atomic mass is 10.1. The number of hydrogen-bond acceptors (Lipinski definition) is 4. The Labute approximate surface area is 173 Å². The fourth-order valence-electron chi connectivity index (χ4n) is 2.42. The van der Waals surface area contributed by atoms with Gasteiger partial charge in [-0.25, -0.2) is 0 Å². The molecule has 0 aliphatic rings. The maximum Gasteiger partial charge on any atom is 0.416 e. The van der Waals surface area contributed by atoms with E-state index < -0.39 is 17.6 Å². The highest BCUT2D eigenvalue weighted by Crippen LogP contribution is 2.37. The number of methoxy groups -OCH3 is 1. The third-order valence-corrected chi connectivity index (χ3v) is 4.25. The molecule has 5 nitrogen and oxygen atoms in total. The summed E-state index contributed by atoms with van der Waals surface area (Å²) < 4.78 is 49.7. The van der Waals surface area contributed by atoms with Crippen LogP contribution in [0.4, 0.5) is 18.9 Å². The minimum absolute atomic E-state index is 0.0723. The lowest BCUT2D eigenvalue weighted by Gasteiger charge is -2.12. The van der Waals surface area contributed by atoms with Crippen LogP contribution in [0.2, 0.25) is 0 Å². The number of rotatable bonds is 6. The number of nitriles is 1. The molecule has 0 radical (unpaired) electrons. The van der Waals surface area contributed by atoms with E-state index in [2.05, 4.69) is 21.2 Å². The molecule has 0 heterocycles. The van der Waals surface area contributed by atoms with Crippen LogP contribution >= 0.6 is 15.9 Å². The Morgan fingerprint density at radius 2 is 2.03 bits per heavy atom. The van der Waals surface area contributed by atoms with Crippen LogP contribution in [-0.2, 0) is 11.0 Å². The summed E-state index contributed by atoms with van der Waals surface area (Å²) in [6.45, 7) is 2.16. The number of amides is 1. The molecule has 0 saturated heterocycles. The predicted octanol–water partition coefficient (Wildman–Crippen LogP) is 5.42. The van der Waals surface area contributed by atoms with Gasteiger partial charge >= 0.3 is 6.18 Å². The molecule has 0 aromatic heterocycles. The first-order chi connectivity index (χ1) is 13.7. The van der Waals surface area contributed by atoms with Gasteiger partial charge < -0.3 is 14.8 Å². The molecule has 29 heavy (non-hydrogen) atoms. The largest absolute Gasteiger partial charge is 0.492 e. The van der Waals surface area contributed by atoms with E-state index in [1.165, 1.54) is 25.3 Å². The minimum Gasteiger partial charge on any atom is -0.492 e. The van der Waals surface area contributed by atoms with Crippen molar-refractivity contribution in [2.45, 2.75) is 13.1 Å². The maximum absolute atomic E-state index is 12.8. The second-order valence-corrected chi connectivity index (χ2v) is 6.52. The van der Waals surface area contributed by atoms with E-state index in [1.807, 2.05) is 0 Å². The summed E-state index contributed by atoms with van der Waals surface area (Å²) in [7, 11) is 1.47. The Balaban J connectivity index is 2.33. The van der Waals surface area contributed by atoms with E-state index in [9.17, 15) is 23.2 Å². The Morgan fingerprint density at radius 1 is 1.31 bits per heavy atom. The van der Waals surface area contributed by atoms with Crippen LogP contribution in [0.3, 0.4) is 0 Å². The highest BCUT2D eigenvalue weighted by atomic mass is 79.9. The zero-order valence-corrected chi connectivity index (χ0v) is 17.0. The van der Waals surface area contributed by atoms with Gasteiger partial charge in [-0.1, -0.05) is 6.07 Å². The lowest BCUT2D eigenvalue weighted by molar-refractivity contribution is -0.137. The molecule has 2 rings (SSSR count). The smallest absolute Gasteiger partial charge is 0.416 e. The van der Waals surface area contributed by atoms with E-state index >= 15 is 0 Å². The molecule has 0 spiro atoms. The molecule has 152 valence electrons. The molecular weight excluding hydrogens is 453 g/mol. The third kappa shape index (κ3) is 5.74. The van der Waals surface area contributed by atoms with Crippen molar-refractivity contribution in [1.82, 2.24) is 0 Å². The fourth-order valence-corrected chi connectivity index (χ4v) is 3.04. The summed E-state index contributed by atoms with van der Waals surface area (Å²) in [5.41, 5.74) is -0.797. The van der Waals surface area contributed by atoms with Gasteiger partial charge in [0.15, 0.2) is 11.5 Å². The zero-order valence-electron chi connectivity index (χ0n) is 15.4. The molecule has 1 amide bonds. The van der Waals surface area contributed by atoms with Gasteiger partial charge in [0.25, 0.3) is 5.91 Å². The van der Waals surface area contributed by atoms with Crippen molar-refractivity contribution in [3.8, 4) is 17.6 Å². The normalized spacial score (nSPS) is 11.6. The van der Waals surface area contributed by atoms with E-state index in [-0.39, 0.29) is 11.3 Å². The Bertz CT molecular complexity index is 982. The maximum atomic E-state index is 12.8. The highest BCUT2D eigenvalue weighted by Gasteiger charge is 2.30. The standard InChI is InChI=1S/C20H16BrF3N2O3/c1-3-29-17-9-12(8-16(21)18(17)28-2)7-13(11-25)19(27)26-15-6-4-5-14(10-15)20(22,23)24/h4-10H,3H2,1-2H3,(H,26,27)/b13-7+. The SMILES string of the molecule is CCOc1cc(/C=C(\C#N)C(=O)Nc2cccc(C(F)(F)F)c2)cc(Br)c1OC. The van der Waals surface area contributed by atoms with Crippen molar-refractivity contribution < 1.29 is 27.4 Å². The van der Waals surface area contributed by atoms with Crippen LogP contribution in [0.5, 0.6) is 11.5 Å². The van der Waals surface area contributed by atoms with Gasteiger partial charge in [0.2, 0.25) is 0 Å². The number of hydrogen-bond donors (Lipinski definition) is 1. The van der Waals surface area contributed by atoms with Crippen LogP contribution in [0.15, 0.2) is 46.4 Å². The number of alkyl halides is 3. The Morgan fingerprint density at radius 3 is 2.62 bits per heavy atom. The number of halogens is 4. The number of carbonyl (C=O) groups is 1. The van der Waals surface area contributed by atoms with Crippen LogP contribution in [0, 0.1) is 11.3 Å². The number of ether oxygens (including phenoxy) is 2. The molecule has 2 aromatic carbocycles. The van der Waals surface area contributed by atoms with Gasteiger partial charge in [0.1, 0.15) is 11.6 Å². The summed E-state index contributed by atoms with van der Waals surface area (Å²) in [5.74, 6) is 0.0267. The molecule has 0 aliphatic carbocycles. The molecule has 2 aromatic rings. The Hall–Kier alpha value is -2.99. The average molecular weight is 469 g/mol. The number of benzene rings is 2. The first kappa shape index (κ1) is 22.3. The molecule has 0 unspecified atom stereocenters. The quantitative estimate of drug-likeness (QED) is 0.453. The monoisotopic (exact) mass is 468 g/mol. The summed E-state index contributed by atoms with van der Waals surface area (Å²) in [5, 5.41) is 11.6. The van der Waals surface area contributed by atoms with E-state index in [0.717, 1.165) is 12.1 Å². The first-order valence-electron chi connectivity index (χ1n) is 8.30. The van der Waals surface area contributed by atoms with Crippen LogP contribution in [0.25, 0.3) is 6.08 Å². The van der Waals surface area contributed by atoms with Crippen molar-refractivity contribution in [1.29, 1.82) is 5.26 Å². The summed E-state index contributed by atoms with van der Waals surface area (Å²) in [6, 6.07) is 9.12. The van der Waals surface area contributed by atoms with E-state index in [1.54, 1.807) is 25.1 Å². The van der Waals surface area contributed by atoms with Crippen LogP contribution in [-0.4, -0.2) is 19.6 Å². The fraction of sp³-hybridized carbons (Fsp3) is 0.200. The molecule has 9 heteroatoms. The van der Waals surface area contributed by atoms with Crippen molar-refractivity contribution in [2.75, 3.05) is 19.0 Å². The summed E-state index contributed by atoms with van der Waals surface area (Å²) in [4.78, 5) is 12.4. The first-order valence-corrected chi connectivity index (χ1v) is 9.09. The number of carbonyl (C=O) groups excluding carboxylic acids is 1. The van der Waals surface area contributed by atoms with E-state index in [0.29, 0.717) is 28.1 Å². The van der Waals surface area contributed by atoms with Crippen molar-refractivity contribution >= 4 is 33.6 Å². The molecular formula is C20H16BrF3N2O3. The number of nitrogens with zero attached hydrogens (tertiary/aromatic N) is 1. The van der Waals surface area contributed by atoms with Gasteiger partial charge in [-0.2, -0.15) is 18.4 Å². The molecule has 1 N–H and O–H groups in total. The highest BCUT2D eigenvalue weighted by molar-refractivity contribution is 9.10. The van der Waals surface area contributed by atoms with Crippen LogP contribution < -0.4 is 14.8 Å². The van der Waals surface area contributed by atoms with E-state index in [4.69, 9.17) is 9.47 Å². The zero-order chi connectivity index (χ0) is 21.6. The predicted molar refractivity (Wildman–Crippen MR) is 106 cm³/mol. The lowest BCUT2D eigenvalue weighted by Crippen LogP contribution is -2.14. The summed E-state index contributed by atoms with van der Waals surface area (Å²) in [6.07, 6.45) is -3.24. The number of anilines is 1. The molecule has 0 atom stereocenters. The minimum atomic E-state index is -4.54. The second kappa shape index (κ2) is 9.47. The van der Waals surface area contributed by atoms with Gasteiger partial charge in [0.05, 0.1) is 23.8 Å². The van der Waals surface area contributed by atoms with Crippen molar-refractivity contribution in [2.24, 2.45) is 0 Å². The van der Waals surface area contributed by atoms with Gasteiger partial charge in [-0.3, -0.25) is 4.79 Å².